The zero-order chi connectivity index (χ0) is 6.41. The van der Waals surface area contributed by atoms with Gasteiger partial charge in [-0.3, -0.25) is 0 Å². The van der Waals surface area contributed by atoms with Crippen molar-refractivity contribution in [3.05, 3.63) is 37.2 Å². The van der Waals surface area contributed by atoms with E-state index in [0.717, 1.165) is 6.04 Å². The Labute approximate surface area is 52.8 Å². The van der Waals surface area contributed by atoms with Crippen LogP contribution in [0.5, 0.6) is 0 Å². The summed E-state index contributed by atoms with van der Waals surface area (Å²) in [5.41, 5.74) is 4.02. The second-order valence-electron chi connectivity index (χ2n) is 1.66. The Hall–Kier alpha value is -0.563. The summed E-state index contributed by atoms with van der Waals surface area (Å²) in [6, 6.07) is 1.09. The van der Waals surface area contributed by atoms with Crippen molar-refractivity contribution < 1.29 is 0 Å². The fourth-order valence-electron chi connectivity index (χ4n) is 0.481. The minimum Gasteiger partial charge on any atom is -0.107 e. The van der Waals surface area contributed by atoms with Gasteiger partial charge in [-0.05, 0) is 6.04 Å². The number of hydrogen-bond acceptors (Lipinski definition) is 0. The third-order valence-electron chi connectivity index (χ3n) is 1.04. The molecular weight excluding hydrogens is 112 g/mol. The maximum Gasteiger partial charge on any atom is 0.0875 e. The van der Waals surface area contributed by atoms with Gasteiger partial charge in [-0.15, -0.1) is 31.1 Å². The van der Waals surface area contributed by atoms with E-state index in [2.05, 4.69) is 19.7 Å². The van der Waals surface area contributed by atoms with Crippen molar-refractivity contribution in [1.29, 1.82) is 0 Å². The van der Waals surface area contributed by atoms with Crippen LogP contribution in [0, 0.1) is 0 Å². The summed E-state index contributed by atoms with van der Waals surface area (Å²) in [6.07, 6.45) is 1.93. The van der Waals surface area contributed by atoms with E-state index in [4.69, 9.17) is 0 Å². The van der Waals surface area contributed by atoms with Crippen molar-refractivity contribution in [1.82, 2.24) is 0 Å². The van der Waals surface area contributed by atoms with E-state index in [1.165, 1.54) is 0 Å². The van der Waals surface area contributed by atoms with Crippen molar-refractivity contribution in [3.8, 4) is 0 Å². The summed E-state index contributed by atoms with van der Waals surface area (Å²) in [4.78, 5) is 0. The zero-order valence-corrected chi connectivity index (χ0v) is 6.29. The van der Waals surface area contributed by atoms with Crippen molar-refractivity contribution in [2.45, 2.75) is 6.04 Å². The largest absolute Gasteiger partial charge is 0.107 e. The molecule has 1 heteroatoms. The molecule has 0 heterocycles. The average Bonchev–Trinajstić information content (AvgIpc) is 1.83. The van der Waals surface area contributed by atoms with Crippen LogP contribution < -0.4 is 0 Å². The smallest absolute Gasteiger partial charge is 0.0875 e. The van der Waals surface area contributed by atoms with Crippen LogP contribution >= 0.6 is 0 Å². The Morgan fingerprint density at radius 2 is 1.62 bits per heavy atom. The van der Waals surface area contributed by atoms with E-state index in [1.54, 1.807) is 0 Å². The van der Waals surface area contributed by atoms with Crippen LogP contribution in [0.1, 0.15) is 0 Å². The van der Waals surface area contributed by atoms with Gasteiger partial charge >= 0.3 is 0 Å². The highest BCUT2D eigenvalue weighted by Gasteiger charge is 1.93. The summed E-state index contributed by atoms with van der Waals surface area (Å²) in [5.74, 6) is 0. The fourth-order valence-corrected chi connectivity index (χ4v) is 1.44. The molecule has 0 aliphatic rings. The second-order valence-corrected chi connectivity index (χ2v) is 4.40. The Balaban J connectivity index is 3.50. The molecule has 0 saturated carbocycles. The maximum absolute atomic E-state index is 3.69. The SMILES string of the molecule is C=CC[SiH](C=C)C=C. The summed E-state index contributed by atoms with van der Waals surface area (Å²) in [6.45, 7) is 11.0. The van der Waals surface area contributed by atoms with Gasteiger partial charge in [0.05, 0.1) is 8.80 Å². The molecule has 0 unspecified atom stereocenters. The molecule has 0 atom stereocenters. The highest BCUT2D eigenvalue weighted by Crippen LogP contribution is 1.93. The van der Waals surface area contributed by atoms with E-state index in [0.29, 0.717) is 0 Å². The third kappa shape index (κ3) is 2.58. The number of allylic oxidation sites excluding steroid dienone is 1. The van der Waals surface area contributed by atoms with Crippen LogP contribution in [0.2, 0.25) is 6.04 Å². The van der Waals surface area contributed by atoms with Crippen LogP contribution in [0.3, 0.4) is 0 Å². The molecule has 0 aromatic heterocycles. The van der Waals surface area contributed by atoms with E-state index in [1.807, 2.05) is 17.5 Å². The summed E-state index contributed by atoms with van der Waals surface area (Å²) < 4.78 is 0. The Morgan fingerprint density at radius 1 is 1.12 bits per heavy atom. The van der Waals surface area contributed by atoms with Gasteiger partial charge in [0.1, 0.15) is 0 Å². The first-order chi connectivity index (χ1) is 3.85. The normalized spacial score (nSPS) is 8.62. The van der Waals surface area contributed by atoms with Crippen LogP contribution in [-0.4, -0.2) is 8.80 Å². The van der Waals surface area contributed by atoms with E-state index in [9.17, 15) is 0 Å². The first-order valence-corrected chi connectivity index (χ1v) is 4.86. The minimum atomic E-state index is -0.782. The van der Waals surface area contributed by atoms with Gasteiger partial charge in [0.25, 0.3) is 0 Å². The Bertz CT molecular complexity index is 86.6. The maximum atomic E-state index is 3.69. The van der Waals surface area contributed by atoms with Gasteiger partial charge in [0.15, 0.2) is 0 Å². The third-order valence-corrected chi connectivity index (χ3v) is 3.13. The molecule has 0 fully saturated rings. The Morgan fingerprint density at radius 3 is 1.75 bits per heavy atom. The lowest BCUT2D eigenvalue weighted by molar-refractivity contribution is 1.69. The van der Waals surface area contributed by atoms with E-state index >= 15 is 0 Å². The van der Waals surface area contributed by atoms with Crippen molar-refractivity contribution in [2.24, 2.45) is 0 Å². The topological polar surface area (TPSA) is 0 Å². The molecule has 0 saturated heterocycles. The first-order valence-electron chi connectivity index (χ1n) is 2.71. The number of hydrogen-bond donors (Lipinski definition) is 0. The quantitative estimate of drug-likeness (QED) is 0.396. The lowest BCUT2D eigenvalue weighted by Crippen LogP contribution is -2.00. The predicted molar refractivity (Wildman–Crippen MR) is 42.5 cm³/mol. The fraction of sp³-hybridized carbons (Fsp3) is 0.143. The van der Waals surface area contributed by atoms with E-state index in [-0.39, 0.29) is 0 Å². The molecule has 0 aromatic rings. The summed E-state index contributed by atoms with van der Waals surface area (Å²) in [5, 5.41) is 0. The molecule has 0 radical (unpaired) electrons. The standard InChI is InChI=1S/C7H12Si/c1-4-7-8(5-2)6-3/h4-6,8H,1-3,7H2. The monoisotopic (exact) mass is 124 g/mol. The van der Waals surface area contributed by atoms with Crippen molar-refractivity contribution >= 4 is 8.80 Å². The second kappa shape index (κ2) is 4.59. The van der Waals surface area contributed by atoms with E-state index < -0.39 is 8.80 Å². The lowest BCUT2D eigenvalue weighted by atomic mass is 10.8. The molecule has 0 N–H and O–H groups in total. The van der Waals surface area contributed by atoms with Gasteiger partial charge in [0.2, 0.25) is 0 Å². The molecule has 0 aliphatic heterocycles. The molecular formula is C7H12Si. The summed E-state index contributed by atoms with van der Waals surface area (Å²) in [7, 11) is -0.782. The average molecular weight is 124 g/mol. The molecule has 0 aliphatic carbocycles. The highest BCUT2D eigenvalue weighted by molar-refractivity contribution is 6.69. The summed E-state index contributed by atoms with van der Waals surface area (Å²) >= 11 is 0. The molecule has 8 heavy (non-hydrogen) atoms. The number of rotatable bonds is 4. The van der Waals surface area contributed by atoms with Gasteiger partial charge in [0, 0.05) is 0 Å². The molecule has 0 amide bonds. The van der Waals surface area contributed by atoms with Crippen LogP contribution in [0.4, 0.5) is 0 Å². The molecule has 44 valence electrons. The molecule has 0 spiro atoms. The predicted octanol–water partition coefficient (Wildman–Crippen LogP) is 1.85. The molecule has 0 nitrogen and oxygen atoms in total. The van der Waals surface area contributed by atoms with Crippen LogP contribution in [-0.2, 0) is 0 Å². The van der Waals surface area contributed by atoms with Gasteiger partial charge in [-0.25, -0.2) is 0 Å². The van der Waals surface area contributed by atoms with Gasteiger partial charge in [-0.2, -0.15) is 0 Å². The van der Waals surface area contributed by atoms with Gasteiger partial charge < -0.3 is 0 Å². The molecule has 0 rings (SSSR count). The zero-order valence-electron chi connectivity index (χ0n) is 5.14. The minimum absolute atomic E-state index is 0.782. The van der Waals surface area contributed by atoms with Crippen LogP contribution in [0.25, 0.3) is 0 Å². The lowest BCUT2D eigenvalue weighted by Gasteiger charge is -1.95. The first kappa shape index (κ1) is 7.44. The van der Waals surface area contributed by atoms with Crippen molar-refractivity contribution in [3.63, 3.8) is 0 Å². The van der Waals surface area contributed by atoms with Crippen molar-refractivity contribution in [2.75, 3.05) is 0 Å². The molecule has 0 aromatic carbocycles. The Kier molecular flexibility index (Phi) is 4.27. The van der Waals surface area contributed by atoms with Crippen LogP contribution in [0.15, 0.2) is 37.2 Å². The molecule has 0 bridgehead atoms. The highest BCUT2D eigenvalue weighted by atomic mass is 28.3. The van der Waals surface area contributed by atoms with Gasteiger partial charge in [-0.1, -0.05) is 6.08 Å².